The highest BCUT2D eigenvalue weighted by Gasteiger charge is 2.13. The van der Waals surface area contributed by atoms with Crippen molar-refractivity contribution in [1.82, 2.24) is 4.90 Å². The van der Waals surface area contributed by atoms with Crippen LogP contribution in [0, 0.1) is 5.82 Å². The molecule has 0 saturated carbocycles. The minimum atomic E-state index is -0.788. The Labute approximate surface area is 114 Å². The average molecular weight is 269 g/mol. The topological polar surface area (TPSA) is 43.7 Å². The summed E-state index contributed by atoms with van der Waals surface area (Å²) in [6.07, 6.45) is 1.85. The number of aliphatic hydroxyl groups is 2. The van der Waals surface area contributed by atoms with E-state index in [9.17, 15) is 9.50 Å². The number of rotatable bonds is 9. The summed E-state index contributed by atoms with van der Waals surface area (Å²) in [4.78, 5) is 2.10. The smallest absolute Gasteiger partial charge is 0.128 e. The van der Waals surface area contributed by atoms with E-state index in [1.807, 2.05) is 0 Å². The first-order valence-corrected chi connectivity index (χ1v) is 6.94. The monoisotopic (exact) mass is 269 g/mol. The van der Waals surface area contributed by atoms with Gasteiger partial charge in [0.15, 0.2) is 0 Å². The number of nitrogens with zero attached hydrogens (tertiary/aromatic N) is 1. The first-order valence-electron chi connectivity index (χ1n) is 6.94. The summed E-state index contributed by atoms with van der Waals surface area (Å²) in [5, 5.41) is 19.0. The minimum Gasteiger partial charge on any atom is -0.395 e. The van der Waals surface area contributed by atoms with Crippen LogP contribution in [0.4, 0.5) is 4.39 Å². The van der Waals surface area contributed by atoms with Crippen molar-refractivity contribution >= 4 is 0 Å². The lowest BCUT2D eigenvalue weighted by atomic mass is 10.1. The molecule has 1 unspecified atom stereocenters. The van der Waals surface area contributed by atoms with Gasteiger partial charge in [-0.2, -0.15) is 0 Å². The number of benzene rings is 1. The largest absolute Gasteiger partial charge is 0.395 e. The second-order valence-corrected chi connectivity index (χ2v) is 4.74. The van der Waals surface area contributed by atoms with Crippen LogP contribution in [0.15, 0.2) is 24.3 Å². The fraction of sp³-hybridized carbons (Fsp3) is 0.600. The van der Waals surface area contributed by atoms with E-state index in [4.69, 9.17) is 5.11 Å². The molecule has 108 valence electrons. The third kappa shape index (κ3) is 5.68. The van der Waals surface area contributed by atoms with Gasteiger partial charge >= 0.3 is 0 Å². The van der Waals surface area contributed by atoms with Crippen LogP contribution in [0.1, 0.15) is 37.9 Å². The van der Waals surface area contributed by atoms with Crippen molar-refractivity contribution in [2.45, 2.75) is 32.3 Å². The van der Waals surface area contributed by atoms with Gasteiger partial charge in [-0.15, -0.1) is 0 Å². The van der Waals surface area contributed by atoms with Gasteiger partial charge < -0.3 is 15.1 Å². The van der Waals surface area contributed by atoms with Crippen molar-refractivity contribution in [2.75, 3.05) is 26.2 Å². The molecule has 0 spiro atoms. The normalized spacial score (nSPS) is 12.9. The maximum Gasteiger partial charge on any atom is 0.128 e. The molecule has 1 rings (SSSR count). The molecule has 1 aromatic carbocycles. The fourth-order valence-corrected chi connectivity index (χ4v) is 2.06. The molecule has 0 aromatic heterocycles. The lowest BCUT2D eigenvalue weighted by Gasteiger charge is -2.22. The van der Waals surface area contributed by atoms with E-state index in [0.29, 0.717) is 25.1 Å². The molecule has 0 aliphatic carbocycles. The zero-order valence-corrected chi connectivity index (χ0v) is 11.6. The first kappa shape index (κ1) is 16.1. The molecule has 1 aromatic rings. The van der Waals surface area contributed by atoms with E-state index >= 15 is 0 Å². The highest BCUT2D eigenvalue weighted by Crippen LogP contribution is 2.20. The van der Waals surface area contributed by atoms with Crippen LogP contribution in [0.3, 0.4) is 0 Å². The third-order valence-corrected chi connectivity index (χ3v) is 3.23. The van der Waals surface area contributed by atoms with Crippen molar-refractivity contribution in [2.24, 2.45) is 0 Å². The summed E-state index contributed by atoms with van der Waals surface area (Å²) in [6, 6.07) is 6.32. The minimum absolute atomic E-state index is 0.111. The predicted molar refractivity (Wildman–Crippen MR) is 74.4 cm³/mol. The maximum absolute atomic E-state index is 13.5. The Bertz CT molecular complexity index is 360. The summed E-state index contributed by atoms with van der Waals surface area (Å²) >= 11 is 0. The zero-order valence-electron chi connectivity index (χ0n) is 11.6. The molecule has 2 N–H and O–H groups in total. The molecule has 0 aliphatic rings. The predicted octanol–water partition coefficient (Wildman–Crippen LogP) is 2.34. The molecule has 0 heterocycles. The van der Waals surface area contributed by atoms with E-state index in [1.54, 1.807) is 18.2 Å². The second kappa shape index (κ2) is 9.02. The van der Waals surface area contributed by atoms with Gasteiger partial charge in [0.2, 0.25) is 0 Å². The van der Waals surface area contributed by atoms with Crippen molar-refractivity contribution < 1.29 is 14.6 Å². The molecule has 0 fully saturated rings. The van der Waals surface area contributed by atoms with Gasteiger partial charge in [0.25, 0.3) is 0 Å². The van der Waals surface area contributed by atoms with E-state index < -0.39 is 6.10 Å². The Balaban J connectivity index is 2.47. The summed E-state index contributed by atoms with van der Waals surface area (Å²) in [5.74, 6) is -0.364. The average Bonchev–Trinajstić information content (AvgIpc) is 2.42. The Hall–Kier alpha value is -0.970. The van der Waals surface area contributed by atoms with Gasteiger partial charge in [-0.05, 0) is 25.5 Å². The molecule has 0 bridgehead atoms. The van der Waals surface area contributed by atoms with Crippen LogP contribution in [0.25, 0.3) is 0 Å². The number of hydrogen-bond donors (Lipinski definition) is 2. The van der Waals surface area contributed by atoms with Crippen LogP contribution in [-0.4, -0.2) is 41.4 Å². The second-order valence-electron chi connectivity index (χ2n) is 4.74. The molecule has 0 aliphatic heterocycles. The Morgan fingerprint density at radius 3 is 2.58 bits per heavy atom. The Morgan fingerprint density at radius 2 is 1.95 bits per heavy atom. The Kier molecular flexibility index (Phi) is 7.63. The van der Waals surface area contributed by atoms with Gasteiger partial charge in [-0.25, -0.2) is 4.39 Å². The van der Waals surface area contributed by atoms with Crippen LogP contribution in [0.5, 0.6) is 0 Å². The van der Waals surface area contributed by atoms with E-state index in [-0.39, 0.29) is 12.4 Å². The first-order chi connectivity index (χ1) is 9.19. The molecule has 1 atom stereocenters. The summed E-state index contributed by atoms with van der Waals surface area (Å²) in [6.45, 7) is 4.39. The van der Waals surface area contributed by atoms with Crippen molar-refractivity contribution in [1.29, 1.82) is 0 Å². The number of hydrogen-bond acceptors (Lipinski definition) is 3. The number of halogens is 1. The standard InChI is InChI=1S/C15H24FNO2/c1-2-3-9-17(11-12-18)10-8-15(19)13-6-4-5-7-14(13)16/h4-7,15,18-19H,2-3,8-12H2,1H3. The van der Waals surface area contributed by atoms with Crippen molar-refractivity contribution in [3.05, 3.63) is 35.6 Å². The quantitative estimate of drug-likeness (QED) is 0.723. The van der Waals surface area contributed by atoms with E-state index in [1.165, 1.54) is 6.07 Å². The Morgan fingerprint density at radius 1 is 1.21 bits per heavy atom. The van der Waals surface area contributed by atoms with Gasteiger partial charge in [0, 0.05) is 18.7 Å². The number of unbranched alkanes of at least 4 members (excludes halogenated alkanes) is 1. The van der Waals surface area contributed by atoms with Crippen LogP contribution in [0.2, 0.25) is 0 Å². The van der Waals surface area contributed by atoms with Gasteiger partial charge in [-0.1, -0.05) is 31.5 Å². The highest BCUT2D eigenvalue weighted by atomic mass is 19.1. The van der Waals surface area contributed by atoms with Gasteiger partial charge in [0.05, 0.1) is 12.7 Å². The van der Waals surface area contributed by atoms with Crippen LogP contribution < -0.4 is 0 Å². The summed E-state index contributed by atoms with van der Waals surface area (Å²) < 4.78 is 13.5. The fourth-order valence-electron chi connectivity index (χ4n) is 2.06. The SMILES string of the molecule is CCCCN(CCO)CCC(O)c1ccccc1F. The molecule has 0 saturated heterocycles. The molecule has 4 heteroatoms. The van der Waals surface area contributed by atoms with Crippen LogP contribution in [-0.2, 0) is 0 Å². The van der Waals surface area contributed by atoms with Gasteiger partial charge in [0.1, 0.15) is 5.82 Å². The van der Waals surface area contributed by atoms with E-state index in [2.05, 4.69) is 11.8 Å². The van der Waals surface area contributed by atoms with Crippen molar-refractivity contribution in [3.63, 3.8) is 0 Å². The van der Waals surface area contributed by atoms with Crippen LogP contribution >= 0.6 is 0 Å². The highest BCUT2D eigenvalue weighted by molar-refractivity contribution is 5.19. The number of aliphatic hydroxyl groups excluding tert-OH is 2. The lowest BCUT2D eigenvalue weighted by Crippen LogP contribution is -2.30. The van der Waals surface area contributed by atoms with Crippen molar-refractivity contribution in [3.8, 4) is 0 Å². The third-order valence-electron chi connectivity index (χ3n) is 3.23. The zero-order chi connectivity index (χ0) is 14.1. The summed E-state index contributed by atoms with van der Waals surface area (Å²) in [7, 11) is 0. The molecule has 19 heavy (non-hydrogen) atoms. The molecular weight excluding hydrogens is 245 g/mol. The lowest BCUT2D eigenvalue weighted by molar-refractivity contribution is 0.127. The maximum atomic E-state index is 13.5. The molecule has 0 amide bonds. The van der Waals surface area contributed by atoms with E-state index in [0.717, 1.165) is 19.4 Å². The molecule has 0 radical (unpaired) electrons. The molecular formula is C15H24FNO2. The summed E-state index contributed by atoms with van der Waals surface area (Å²) in [5.41, 5.74) is 0.349. The van der Waals surface area contributed by atoms with Gasteiger partial charge in [-0.3, -0.25) is 0 Å². The molecule has 3 nitrogen and oxygen atoms in total.